The maximum Gasteiger partial charge on any atom is 0.274 e. The van der Waals surface area contributed by atoms with Gasteiger partial charge in [0.2, 0.25) is 5.82 Å². The molecule has 14 heteroatoms. The predicted octanol–water partition coefficient (Wildman–Crippen LogP) is 2.91. The highest BCUT2D eigenvalue weighted by Gasteiger charge is 2.33. The normalized spacial score (nSPS) is 15.5. The minimum Gasteiger partial charge on any atom is -0.381 e. The lowest BCUT2D eigenvalue weighted by atomic mass is 10.00. The van der Waals surface area contributed by atoms with Gasteiger partial charge in [0.15, 0.2) is 6.10 Å². The highest BCUT2D eigenvalue weighted by molar-refractivity contribution is 5.98. The first-order chi connectivity index (χ1) is 22.9. The number of aromatic nitrogens is 5. The second-order valence-electron chi connectivity index (χ2n) is 10.8. The molecule has 2 aromatic heterocycles. The van der Waals surface area contributed by atoms with Crippen molar-refractivity contribution in [3.8, 4) is 11.4 Å². The van der Waals surface area contributed by atoms with Gasteiger partial charge in [0.25, 0.3) is 17.7 Å². The molecule has 1 aliphatic rings. The quantitative estimate of drug-likeness (QED) is 0.180. The van der Waals surface area contributed by atoms with E-state index in [1.54, 1.807) is 36.4 Å². The number of hydrogen-bond acceptors (Lipinski definition) is 9. The summed E-state index contributed by atoms with van der Waals surface area (Å²) in [5, 5.41) is 30.4. The molecule has 3 aromatic carbocycles. The average molecular weight is 637 g/mol. The average Bonchev–Trinajstić information content (AvgIpc) is 3.82. The summed E-state index contributed by atoms with van der Waals surface area (Å²) in [6.45, 7) is 0.220. The van der Waals surface area contributed by atoms with Crippen LogP contribution >= 0.6 is 0 Å². The molecule has 47 heavy (non-hydrogen) atoms. The van der Waals surface area contributed by atoms with Crippen LogP contribution in [-0.2, 0) is 16.0 Å². The fourth-order valence-corrected chi connectivity index (χ4v) is 5.20. The molecule has 3 atom stereocenters. The fourth-order valence-electron chi connectivity index (χ4n) is 5.20. The number of halogens is 1. The number of carbonyl (C=O) groups is 3. The van der Waals surface area contributed by atoms with Crippen LogP contribution in [-0.4, -0.2) is 78.8 Å². The van der Waals surface area contributed by atoms with Crippen LogP contribution in [0.25, 0.3) is 11.4 Å². The largest absolute Gasteiger partial charge is 0.381 e. The zero-order valence-electron chi connectivity index (χ0n) is 24.8. The molecule has 0 bridgehead atoms. The number of H-pyrrole nitrogens is 1. The molecular weight excluding hydrogens is 607 g/mol. The van der Waals surface area contributed by atoms with Crippen molar-refractivity contribution in [1.29, 1.82) is 0 Å². The van der Waals surface area contributed by atoms with E-state index in [1.165, 1.54) is 35.2 Å². The lowest BCUT2D eigenvalue weighted by Crippen LogP contribution is -2.50. The summed E-state index contributed by atoms with van der Waals surface area (Å²) in [6.07, 6.45) is -1.55. The Bertz CT molecular complexity index is 1860. The number of nitrogens with zero attached hydrogens (tertiary/aromatic N) is 5. The van der Waals surface area contributed by atoms with Gasteiger partial charge in [0, 0.05) is 11.3 Å². The van der Waals surface area contributed by atoms with Crippen molar-refractivity contribution in [3.63, 3.8) is 0 Å². The Balaban J connectivity index is 1.18. The summed E-state index contributed by atoms with van der Waals surface area (Å²) in [5.41, 5.74) is 2.33. The molecular formula is C33H29FN8O5. The number of amides is 3. The first-order valence-corrected chi connectivity index (χ1v) is 14.6. The van der Waals surface area contributed by atoms with Crippen LogP contribution in [0.3, 0.4) is 0 Å². The highest BCUT2D eigenvalue weighted by atomic mass is 19.1. The van der Waals surface area contributed by atoms with E-state index in [-0.39, 0.29) is 31.1 Å². The van der Waals surface area contributed by atoms with Gasteiger partial charge in [0.05, 0.1) is 18.7 Å². The van der Waals surface area contributed by atoms with Crippen LogP contribution in [0.5, 0.6) is 0 Å². The lowest BCUT2D eigenvalue weighted by molar-refractivity contribution is -0.125. The molecule has 0 saturated carbocycles. The van der Waals surface area contributed by atoms with Gasteiger partial charge in [0.1, 0.15) is 23.9 Å². The number of tetrazole rings is 1. The van der Waals surface area contributed by atoms with Crippen LogP contribution in [0, 0.1) is 5.82 Å². The molecule has 4 N–H and O–H groups in total. The Hall–Kier alpha value is -5.86. The molecule has 1 aliphatic heterocycles. The molecule has 238 valence electrons. The number of anilines is 1. The summed E-state index contributed by atoms with van der Waals surface area (Å²) in [7, 11) is 0. The van der Waals surface area contributed by atoms with Crippen LogP contribution in [0.4, 0.5) is 10.1 Å². The van der Waals surface area contributed by atoms with Crippen molar-refractivity contribution >= 4 is 23.4 Å². The molecule has 13 nitrogen and oxygen atoms in total. The fraction of sp³-hybridized carbons (Fsp3) is 0.182. The summed E-state index contributed by atoms with van der Waals surface area (Å²) >= 11 is 0. The molecule has 3 heterocycles. The van der Waals surface area contributed by atoms with Gasteiger partial charge < -0.3 is 25.4 Å². The Morgan fingerprint density at radius 2 is 1.74 bits per heavy atom. The second kappa shape index (κ2) is 14.1. The third-order valence-corrected chi connectivity index (χ3v) is 7.60. The van der Waals surface area contributed by atoms with Crippen molar-refractivity contribution in [2.75, 3.05) is 18.7 Å². The van der Waals surface area contributed by atoms with Gasteiger partial charge in [-0.15, -0.1) is 10.2 Å². The SMILES string of the molecule is O=C(N[C@@H](Cc1ccccc1)[C@H](O)C(=O)Nc1cccc(-c2nn[nH]n2)c1)c1cccc(C(=O)N2COC[C@@H]2c2ccc(F)cc2)n1. The van der Waals surface area contributed by atoms with Crippen molar-refractivity contribution in [2.45, 2.75) is 24.6 Å². The molecule has 1 saturated heterocycles. The van der Waals surface area contributed by atoms with Crippen molar-refractivity contribution in [2.24, 2.45) is 0 Å². The molecule has 0 unspecified atom stereocenters. The van der Waals surface area contributed by atoms with Crippen LogP contribution in [0.15, 0.2) is 97.1 Å². The Kier molecular flexibility index (Phi) is 9.31. The van der Waals surface area contributed by atoms with Gasteiger partial charge in [-0.3, -0.25) is 14.4 Å². The molecule has 1 fully saturated rings. The minimum absolute atomic E-state index is 0.00254. The third kappa shape index (κ3) is 7.35. The van der Waals surface area contributed by atoms with Crippen LogP contribution in [0.1, 0.15) is 38.1 Å². The smallest absolute Gasteiger partial charge is 0.274 e. The maximum atomic E-state index is 13.5. The van der Waals surface area contributed by atoms with Gasteiger partial charge in [-0.05, 0) is 59.2 Å². The van der Waals surface area contributed by atoms with E-state index in [4.69, 9.17) is 4.74 Å². The zero-order valence-corrected chi connectivity index (χ0v) is 24.8. The van der Waals surface area contributed by atoms with E-state index >= 15 is 0 Å². The monoisotopic (exact) mass is 636 g/mol. The summed E-state index contributed by atoms with van der Waals surface area (Å²) in [4.78, 5) is 46.0. The van der Waals surface area contributed by atoms with E-state index in [9.17, 15) is 23.9 Å². The first-order valence-electron chi connectivity index (χ1n) is 14.6. The Labute approximate surface area is 267 Å². The Morgan fingerprint density at radius 1 is 0.979 bits per heavy atom. The number of carbonyl (C=O) groups excluding carboxylic acids is 3. The van der Waals surface area contributed by atoms with Gasteiger partial charge >= 0.3 is 0 Å². The topological polar surface area (TPSA) is 175 Å². The number of ether oxygens (including phenoxy) is 1. The molecule has 0 spiro atoms. The van der Waals surface area contributed by atoms with E-state index < -0.39 is 41.7 Å². The van der Waals surface area contributed by atoms with E-state index in [2.05, 4.69) is 36.2 Å². The van der Waals surface area contributed by atoms with Gasteiger partial charge in [-0.1, -0.05) is 60.7 Å². The minimum atomic E-state index is -1.67. The van der Waals surface area contributed by atoms with Crippen molar-refractivity contribution < 1.29 is 28.6 Å². The van der Waals surface area contributed by atoms with Gasteiger partial charge in [-0.25, -0.2) is 9.37 Å². The lowest BCUT2D eigenvalue weighted by Gasteiger charge is -2.24. The number of rotatable bonds is 10. The molecule has 3 amide bonds. The first kappa shape index (κ1) is 31.1. The predicted molar refractivity (Wildman–Crippen MR) is 166 cm³/mol. The van der Waals surface area contributed by atoms with Crippen LogP contribution < -0.4 is 10.6 Å². The van der Waals surface area contributed by atoms with Crippen molar-refractivity contribution in [3.05, 3.63) is 125 Å². The summed E-state index contributed by atoms with van der Waals surface area (Å²) < 4.78 is 19.0. The van der Waals surface area contributed by atoms with Gasteiger partial charge in [-0.2, -0.15) is 5.21 Å². The highest BCUT2D eigenvalue weighted by Crippen LogP contribution is 2.28. The maximum absolute atomic E-state index is 13.5. The van der Waals surface area contributed by atoms with Crippen molar-refractivity contribution in [1.82, 2.24) is 35.8 Å². The van der Waals surface area contributed by atoms with E-state index in [0.29, 0.717) is 22.6 Å². The molecule has 6 rings (SSSR count). The summed E-state index contributed by atoms with van der Waals surface area (Å²) in [6, 6.07) is 24.5. The summed E-state index contributed by atoms with van der Waals surface area (Å²) in [5.74, 6) is -2.00. The number of pyridine rings is 1. The standard InChI is InChI=1S/C33H29FN8O5/c34-23-14-12-21(13-15-23)28-18-47-19-42(28)33(46)26-11-5-10-25(36-26)31(44)37-27(16-20-6-2-1-3-7-20)29(43)32(45)35-24-9-4-8-22(17-24)30-38-40-41-39-30/h1-15,17,27-29,43H,16,18-19H2,(H,35,45)(H,37,44)(H,38,39,40,41)/t27-,28+,29-/m0/s1. The second-order valence-corrected chi connectivity index (χ2v) is 10.8. The number of aliphatic hydroxyl groups excluding tert-OH is 1. The molecule has 0 radical (unpaired) electrons. The number of aromatic amines is 1. The number of nitrogens with one attached hydrogen (secondary N) is 3. The zero-order chi connectivity index (χ0) is 32.8. The van der Waals surface area contributed by atoms with E-state index in [1.807, 2.05) is 30.3 Å². The molecule has 0 aliphatic carbocycles. The number of benzene rings is 3. The van der Waals surface area contributed by atoms with E-state index in [0.717, 1.165) is 5.56 Å². The Morgan fingerprint density at radius 3 is 2.51 bits per heavy atom. The molecule has 5 aromatic rings. The third-order valence-electron chi connectivity index (χ3n) is 7.60. The number of aliphatic hydroxyl groups is 1. The number of hydrogen-bond donors (Lipinski definition) is 4. The van der Waals surface area contributed by atoms with Crippen LogP contribution in [0.2, 0.25) is 0 Å².